The first-order chi connectivity index (χ1) is 22.6. The van der Waals surface area contributed by atoms with Crippen molar-refractivity contribution < 1.29 is 8.42 Å². The van der Waals surface area contributed by atoms with Crippen molar-refractivity contribution in [3.8, 4) is 11.4 Å². The van der Waals surface area contributed by atoms with Gasteiger partial charge < -0.3 is 25.0 Å². The SMILES string of the molecule is CN(C)CCS(=O)(=O)c1cnncc1Cn1c(=O)c(-c2nccn2C)cc2cnc(Nc3ccc(NC4CCN(C)CC4)cc3)nc21. The van der Waals surface area contributed by atoms with Crippen molar-refractivity contribution in [1.82, 2.24) is 44.1 Å². The molecule has 2 N–H and O–H groups in total. The standard InChI is InChI=1S/C32H39N11O3S/c1-40(2)15-16-47(45,46)28-20-36-35-19-23(28)21-43-29-22(17-27(31(43)44)30-33-11-14-42(30)4)18-34-32(39-29)38-25-7-5-24(6-8-25)37-26-9-12-41(3)13-10-26/h5-8,11,14,17-20,26,37H,9-10,12-13,15-16,21H2,1-4H3,(H,34,38,39). The van der Waals surface area contributed by atoms with Crippen LogP contribution in [-0.4, -0.2) is 105 Å². The van der Waals surface area contributed by atoms with Crippen molar-refractivity contribution in [2.24, 2.45) is 7.05 Å². The molecule has 0 unspecified atom stereocenters. The van der Waals surface area contributed by atoms with E-state index >= 15 is 0 Å². The van der Waals surface area contributed by atoms with Crippen molar-refractivity contribution in [3.63, 3.8) is 0 Å². The van der Waals surface area contributed by atoms with Gasteiger partial charge in [-0.1, -0.05) is 0 Å². The molecular formula is C32H39N11O3S. The average molecular weight is 658 g/mol. The van der Waals surface area contributed by atoms with E-state index < -0.39 is 9.84 Å². The molecule has 1 saturated heterocycles. The number of nitrogens with zero attached hydrogens (tertiary/aromatic N) is 9. The van der Waals surface area contributed by atoms with Crippen LogP contribution in [0.3, 0.4) is 0 Å². The molecule has 1 aromatic carbocycles. The van der Waals surface area contributed by atoms with Gasteiger partial charge in [-0.2, -0.15) is 15.2 Å². The Labute approximate surface area is 273 Å². The molecule has 1 fully saturated rings. The van der Waals surface area contributed by atoms with E-state index in [4.69, 9.17) is 4.98 Å². The summed E-state index contributed by atoms with van der Waals surface area (Å²) in [5.74, 6) is 0.649. The zero-order chi connectivity index (χ0) is 33.1. The third kappa shape index (κ3) is 7.32. The number of anilines is 3. The Morgan fingerprint density at radius 2 is 1.70 bits per heavy atom. The average Bonchev–Trinajstić information content (AvgIpc) is 3.49. The lowest BCUT2D eigenvalue weighted by atomic mass is 10.1. The number of nitrogens with one attached hydrogen (secondary N) is 2. The lowest BCUT2D eigenvalue weighted by Gasteiger charge is -2.30. The number of rotatable bonds is 11. The summed E-state index contributed by atoms with van der Waals surface area (Å²) in [6.07, 6.45) is 9.84. The van der Waals surface area contributed by atoms with Gasteiger partial charge in [0.15, 0.2) is 9.84 Å². The molecule has 0 radical (unpaired) electrons. The maximum Gasteiger partial charge on any atom is 0.263 e. The highest BCUT2D eigenvalue weighted by Crippen LogP contribution is 2.24. The van der Waals surface area contributed by atoms with Crippen LogP contribution in [0.15, 0.2) is 71.0 Å². The molecule has 4 aromatic heterocycles. The summed E-state index contributed by atoms with van der Waals surface area (Å²) in [7, 11) is 3.84. The second kappa shape index (κ2) is 13.6. The lowest BCUT2D eigenvalue weighted by Crippen LogP contribution is -2.36. The summed E-state index contributed by atoms with van der Waals surface area (Å²) < 4.78 is 29.9. The van der Waals surface area contributed by atoms with Crippen molar-refractivity contribution in [2.45, 2.75) is 30.3 Å². The molecule has 246 valence electrons. The Bertz CT molecular complexity index is 2030. The molecule has 1 aliphatic heterocycles. The van der Waals surface area contributed by atoms with E-state index in [0.717, 1.165) is 37.3 Å². The zero-order valence-electron chi connectivity index (χ0n) is 27.0. The van der Waals surface area contributed by atoms with Crippen LogP contribution in [0.2, 0.25) is 0 Å². The minimum absolute atomic E-state index is 0.0261. The molecule has 1 aliphatic rings. The fourth-order valence-corrected chi connectivity index (χ4v) is 7.19. The highest BCUT2D eigenvalue weighted by molar-refractivity contribution is 7.91. The molecule has 0 saturated carbocycles. The summed E-state index contributed by atoms with van der Waals surface area (Å²) in [5.41, 5.74) is 2.45. The summed E-state index contributed by atoms with van der Waals surface area (Å²) >= 11 is 0. The number of aromatic nitrogens is 7. The first-order valence-electron chi connectivity index (χ1n) is 15.4. The first kappa shape index (κ1) is 32.2. The summed E-state index contributed by atoms with van der Waals surface area (Å²) in [6, 6.07) is 10.1. The number of imidazole rings is 1. The first-order valence-corrected chi connectivity index (χ1v) is 17.1. The van der Waals surface area contributed by atoms with E-state index in [9.17, 15) is 13.2 Å². The van der Waals surface area contributed by atoms with Crippen LogP contribution in [0.1, 0.15) is 18.4 Å². The molecule has 5 aromatic rings. The fourth-order valence-electron chi connectivity index (χ4n) is 5.64. The van der Waals surface area contributed by atoms with E-state index in [1.165, 1.54) is 17.0 Å². The maximum atomic E-state index is 14.1. The van der Waals surface area contributed by atoms with Crippen molar-refractivity contribution in [3.05, 3.63) is 77.2 Å². The predicted molar refractivity (Wildman–Crippen MR) is 182 cm³/mol. The Balaban J connectivity index is 1.35. The Kier molecular flexibility index (Phi) is 9.29. The van der Waals surface area contributed by atoms with Gasteiger partial charge in [-0.05, 0) is 77.4 Å². The highest BCUT2D eigenvalue weighted by Gasteiger charge is 2.23. The van der Waals surface area contributed by atoms with Gasteiger partial charge in [0, 0.05) is 60.5 Å². The Morgan fingerprint density at radius 1 is 0.979 bits per heavy atom. The number of hydrogen-bond donors (Lipinski definition) is 2. The molecule has 0 spiro atoms. The lowest BCUT2D eigenvalue weighted by molar-refractivity contribution is 0.264. The number of aryl methyl sites for hydroxylation is 1. The van der Waals surface area contributed by atoms with Crippen LogP contribution >= 0.6 is 0 Å². The molecule has 0 bridgehead atoms. The summed E-state index contributed by atoms with van der Waals surface area (Å²) in [5, 5.41) is 15.3. The van der Waals surface area contributed by atoms with Gasteiger partial charge in [0.05, 0.1) is 35.2 Å². The normalized spacial score (nSPS) is 14.6. The molecule has 0 atom stereocenters. The van der Waals surface area contributed by atoms with E-state index in [0.29, 0.717) is 40.6 Å². The zero-order valence-corrected chi connectivity index (χ0v) is 27.8. The molecule has 6 rings (SSSR count). The number of hydrogen-bond acceptors (Lipinski definition) is 12. The maximum absolute atomic E-state index is 14.1. The fraction of sp³-hybridized carbons (Fsp3) is 0.375. The van der Waals surface area contributed by atoms with Crippen LogP contribution in [0.25, 0.3) is 22.4 Å². The van der Waals surface area contributed by atoms with Crippen LogP contribution in [-0.2, 0) is 23.4 Å². The topological polar surface area (TPSA) is 156 Å². The summed E-state index contributed by atoms with van der Waals surface area (Å²) in [4.78, 5) is 32.0. The van der Waals surface area contributed by atoms with Gasteiger partial charge in [0.1, 0.15) is 11.5 Å². The van der Waals surface area contributed by atoms with Gasteiger partial charge >= 0.3 is 0 Å². The van der Waals surface area contributed by atoms with Crippen molar-refractivity contribution >= 4 is 38.2 Å². The van der Waals surface area contributed by atoms with E-state index in [2.05, 4.69) is 42.7 Å². The molecule has 15 heteroatoms. The number of likely N-dealkylation sites (tertiary alicyclic amines) is 1. The van der Waals surface area contributed by atoms with Crippen LogP contribution in [0.4, 0.5) is 17.3 Å². The second-order valence-corrected chi connectivity index (χ2v) is 14.3. The van der Waals surface area contributed by atoms with E-state index in [1.54, 1.807) is 41.2 Å². The largest absolute Gasteiger partial charge is 0.382 e. The van der Waals surface area contributed by atoms with E-state index in [1.807, 2.05) is 38.4 Å². The van der Waals surface area contributed by atoms with Gasteiger partial charge in [-0.15, -0.1) is 0 Å². The van der Waals surface area contributed by atoms with Crippen LogP contribution in [0.5, 0.6) is 0 Å². The monoisotopic (exact) mass is 657 g/mol. The summed E-state index contributed by atoms with van der Waals surface area (Å²) in [6.45, 7) is 2.39. The number of benzene rings is 1. The smallest absolute Gasteiger partial charge is 0.263 e. The van der Waals surface area contributed by atoms with Crippen molar-refractivity contribution in [2.75, 3.05) is 57.2 Å². The number of piperidine rings is 1. The minimum atomic E-state index is -3.73. The van der Waals surface area contributed by atoms with Gasteiger partial charge in [0.2, 0.25) is 5.95 Å². The second-order valence-electron chi connectivity index (χ2n) is 12.2. The molecular weight excluding hydrogens is 618 g/mol. The van der Waals surface area contributed by atoms with Gasteiger partial charge in [-0.3, -0.25) is 9.36 Å². The van der Waals surface area contributed by atoms with Crippen molar-refractivity contribution in [1.29, 1.82) is 0 Å². The molecule has 0 aliphatic carbocycles. The predicted octanol–water partition coefficient (Wildman–Crippen LogP) is 2.62. The minimum Gasteiger partial charge on any atom is -0.382 e. The molecule has 5 heterocycles. The van der Waals surface area contributed by atoms with Gasteiger partial charge in [0.25, 0.3) is 5.56 Å². The third-order valence-electron chi connectivity index (χ3n) is 8.36. The third-order valence-corrected chi connectivity index (χ3v) is 10.1. The number of sulfone groups is 1. The number of pyridine rings is 1. The quantitative estimate of drug-likeness (QED) is 0.214. The molecule has 14 nitrogen and oxygen atoms in total. The highest BCUT2D eigenvalue weighted by atomic mass is 32.2. The molecule has 0 amide bonds. The molecule has 47 heavy (non-hydrogen) atoms. The number of fused-ring (bicyclic) bond motifs is 1. The Morgan fingerprint density at radius 3 is 2.40 bits per heavy atom. The van der Waals surface area contributed by atoms with Crippen LogP contribution < -0.4 is 16.2 Å². The van der Waals surface area contributed by atoms with Crippen LogP contribution in [0, 0.1) is 0 Å². The Hall–Kier alpha value is -4.73. The van der Waals surface area contributed by atoms with Gasteiger partial charge in [-0.25, -0.2) is 18.4 Å². The van der Waals surface area contributed by atoms with E-state index in [-0.39, 0.29) is 28.7 Å².